The first-order chi connectivity index (χ1) is 10.0. The van der Waals surface area contributed by atoms with Crippen LogP contribution in [-0.4, -0.2) is 23.5 Å². The number of hydrogen-bond donors (Lipinski definition) is 1. The maximum Gasteiger partial charge on any atom is 0.0501 e. The molecule has 1 aromatic carbocycles. The maximum atomic E-state index is 6.48. The van der Waals surface area contributed by atoms with Gasteiger partial charge < -0.3 is 5.73 Å². The van der Waals surface area contributed by atoms with Gasteiger partial charge in [-0.05, 0) is 50.9 Å². The van der Waals surface area contributed by atoms with E-state index in [9.17, 15) is 0 Å². The molecule has 3 heteroatoms. The Labute approximate surface area is 139 Å². The third-order valence-electron chi connectivity index (χ3n) is 4.13. The molecule has 0 bridgehead atoms. The molecule has 0 aliphatic rings. The van der Waals surface area contributed by atoms with E-state index >= 15 is 0 Å². The molecule has 21 heavy (non-hydrogen) atoms. The third kappa shape index (κ3) is 5.72. The summed E-state index contributed by atoms with van der Waals surface area (Å²) in [6.45, 7) is 10.1. The van der Waals surface area contributed by atoms with E-state index in [1.807, 2.05) is 0 Å². The van der Waals surface area contributed by atoms with Crippen LogP contribution in [0.25, 0.3) is 0 Å². The van der Waals surface area contributed by atoms with Gasteiger partial charge in [0, 0.05) is 16.6 Å². The molecule has 0 aliphatic carbocycles. The normalized spacial score (nSPS) is 14.7. The first kappa shape index (κ1) is 18.7. The van der Waals surface area contributed by atoms with Gasteiger partial charge in [-0.1, -0.05) is 54.8 Å². The van der Waals surface area contributed by atoms with Crippen LogP contribution in [0.1, 0.15) is 65.0 Å². The predicted octanol–water partition coefficient (Wildman–Crippen LogP) is 5.13. The topological polar surface area (TPSA) is 29.3 Å². The monoisotopic (exact) mass is 354 g/mol. The average molecular weight is 355 g/mol. The van der Waals surface area contributed by atoms with Crippen LogP contribution in [0, 0.1) is 0 Å². The van der Waals surface area contributed by atoms with Gasteiger partial charge in [0.1, 0.15) is 0 Å². The van der Waals surface area contributed by atoms with Crippen LogP contribution in [-0.2, 0) is 0 Å². The van der Waals surface area contributed by atoms with Gasteiger partial charge in [-0.15, -0.1) is 0 Å². The zero-order chi connectivity index (χ0) is 15.8. The molecule has 0 aliphatic heterocycles. The second kappa shape index (κ2) is 9.60. The zero-order valence-corrected chi connectivity index (χ0v) is 15.6. The second-order valence-corrected chi connectivity index (χ2v) is 7.02. The van der Waals surface area contributed by atoms with Crippen molar-refractivity contribution in [1.82, 2.24) is 4.90 Å². The fourth-order valence-corrected chi connectivity index (χ4v) is 3.10. The molecule has 0 radical (unpaired) electrons. The molecule has 2 nitrogen and oxygen atoms in total. The molecule has 0 spiro atoms. The first-order valence-corrected chi connectivity index (χ1v) is 9.07. The molecule has 0 fully saturated rings. The van der Waals surface area contributed by atoms with Crippen molar-refractivity contribution in [1.29, 1.82) is 0 Å². The minimum absolute atomic E-state index is 0.176. The lowest BCUT2D eigenvalue weighted by atomic mass is 9.94. The minimum atomic E-state index is 0.176. The molecule has 2 unspecified atom stereocenters. The Hall–Kier alpha value is -0.380. The molecule has 2 atom stereocenters. The highest BCUT2D eigenvalue weighted by atomic mass is 79.9. The molecule has 120 valence electrons. The summed E-state index contributed by atoms with van der Waals surface area (Å²) >= 11 is 3.52. The van der Waals surface area contributed by atoms with Crippen LogP contribution >= 0.6 is 15.9 Å². The summed E-state index contributed by atoms with van der Waals surface area (Å²) in [5.41, 5.74) is 7.81. The first-order valence-electron chi connectivity index (χ1n) is 8.28. The lowest BCUT2D eigenvalue weighted by molar-refractivity contribution is 0.127. The van der Waals surface area contributed by atoms with Crippen molar-refractivity contribution in [2.75, 3.05) is 6.54 Å². The number of rotatable bonds is 9. The fourth-order valence-electron chi connectivity index (χ4n) is 2.83. The summed E-state index contributed by atoms with van der Waals surface area (Å²) in [4.78, 5) is 2.58. The van der Waals surface area contributed by atoms with Crippen molar-refractivity contribution < 1.29 is 0 Å². The quantitative estimate of drug-likeness (QED) is 0.623. The van der Waals surface area contributed by atoms with Crippen molar-refractivity contribution in [2.45, 2.75) is 71.5 Å². The summed E-state index contributed by atoms with van der Waals surface area (Å²) in [6.07, 6.45) is 4.79. The number of nitrogens with zero attached hydrogens (tertiary/aromatic N) is 1. The Balaban J connectivity index is 2.99. The van der Waals surface area contributed by atoms with E-state index in [2.05, 4.69) is 72.8 Å². The Bertz CT molecular complexity index is 389. The summed E-state index contributed by atoms with van der Waals surface area (Å²) < 4.78 is 1.12. The number of benzene rings is 1. The Morgan fingerprint density at radius 3 is 2.19 bits per heavy atom. The predicted molar refractivity (Wildman–Crippen MR) is 96.5 cm³/mol. The molecule has 0 saturated carbocycles. The average Bonchev–Trinajstić information content (AvgIpc) is 2.47. The van der Waals surface area contributed by atoms with Gasteiger partial charge in [-0.25, -0.2) is 0 Å². The Kier molecular flexibility index (Phi) is 8.53. The van der Waals surface area contributed by atoms with E-state index < -0.39 is 0 Å². The van der Waals surface area contributed by atoms with Gasteiger partial charge in [0.15, 0.2) is 0 Å². The molecule has 0 saturated heterocycles. The van der Waals surface area contributed by atoms with Crippen molar-refractivity contribution >= 4 is 15.9 Å². The van der Waals surface area contributed by atoms with Gasteiger partial charge in [-0.2, -0.15) is 0 Å². The summed E-state index contributed by atoms with van der Waals surface area (Å²) in [6, 6.07) is 9.65. The van der Waals surface area contributed by atoms with E-state index in [0.29, 0.717) is 12.1 Å². The number of hydrogen-bond acceptors (Lipinski definition) is 2. The number of unbranched alkanes of at least 4 members (excludes halogenated alkanes) is 2. The highest BCUT2D eigenvalue weighted by molar-refractivity contribution is 9.10. The van der Waals surface area contributed by atoms with Crippen molar-refractivity contribution in [2.24, 2.45) is 5.73 Å². The van der Waals surface area contributed by atoms with Crippen LogP contribution in [0.15, 0.2) is 28.7 Å². The zero-order valence-electron chi connectivity index (χ0n) is 14.0. The maximum absolute atomic E-state index is 6.48. The van der Waals surface area contributed by atoms with Crippen LogP contribution in [0.5, 0.6) is 0 Å². The summed E-state index contributed by atoms with van der Waals surface area (Å²) in [5, 5.41) is 0. The minimum Gasteiger partial charge on any atom is -0.326 e. The summed E-state index contributed by atoms with van der Waals surface area (Å²) in [5.74, 6) is 0. The van der Waals surface area contributed by atoms with Gasteiger partial charge in [-0.3, -0.25) is 4.90 Å². The van der Waals surface area contributed by atoms with Crippen LogP contribution in [0.2, 0.25) is 0 Å². The summed E-state index contributed by atoms with van der Waals surface area (Å²) in [7, 11) is 0. The van der Waals surface area contributed by atoms with E-state index in [4.69, 9.17) is 5.73 Å². The van der Waals surface area contributed by atoms with E-state index in [1.54, 1.807) is 0 Å². The van der Waals surface area contributed by atoms with Crippen LogP contribution in [0.4, 0.5) is 0 Å². The molecule has 0 amide bonds. The number of halogens is 1. The largest absolute Gasteiger partial charge is 0.326 e. The van der Waals surface area contributed by atoms with Crippen molar-refractivity contribution in [3.8, 4) is 0 Å². The molecule has 0 aromatic heterocycles. The smallest absolute Gasteiger partial charge is 0.0501 e. The fraction of sp³-hybridized carbons (Fsp3) is 0.667. The SMILES string of the molecule is CCCCCN(C(C)C)C(c1ccc(Br)cc1)C(N)CC. The van der Waals surface area contributed by atoms with Crippen LogP contribution < -0.4 is 5.73 Å². The Morgan fingerprint density at radius 2 is 1.71 bits per heavy atom. The molecule has 0 heterocycles. The molecule has 1 aromatic rings. The van der Waals surface area contributed by atoms with Gasteiger partial charge in [0.25, 0.3) is 0 Å². The highest BCUT2D eigenvalue weighted by Crippen LogP contribution is 2.28. The Morgan fingerprint density at radius 1 is 1.10 bits per heavy atom. The van der Waals surface area contributed by atoms with Gasteiger partial charge in [0.2, 0.25) is 0 Å². The van der Waals surface area contributed by atoms with Crippen molar-refractivity contribution in [3.63, 3.8) is 0 Å². The standard InChI is InChI=1S/C18H31BrN2/c1-5-7-8-13-21(14(3)4)18(17(20)6-2)15-9-11-16(19)12-10-15/h9-12,14,17-18H,5-8,13,20H2,1-4H3. The van der Waals surface area contributed by atoms with E-state index in [-0.39, 0.29) is 6.04 Å². The lowest BCUT2D eigenvalue weighted by Gasteiger charge is -2.38. The highest BCUT2D eigenvalue weighted by Gasteiger charge is 2.27. The lowest BCUT2D eigenvalue weighted by Crippen LogP contribution is -2.44. The molecule has 2 N–H and O–H groups in total. The van der Waals surface area contributed by atoms with Gasteiger partial charge >= 0.3 is 0 Å². The molecule has 1 rings (SSSR count). The van der Waals surface area contributed by atoms with E-state index in [0.717, 1.165) is 17.4 Å². The van der Waals surface area contributed by atoms with Crippen LogP contribution in [0.3, 0.4) is 0 Å². The number of nitrogens with two attached hydrogens (primary N) is 1. The van der Waals surface area contributed by atoms with Crippen molar-refractivity contribution in [3.05, 3.63) is 34.3 Å². The third-order valence-corrected chi connectivity index (χ3v) is 4.66. The second-order valence-electron chi connectivity index (χ2n) is 6.11. The van der Waals surface area contributed by atoms with E-state index in [1.165, 1.54) is 24.8 Å². The molecular formula is C18H31BrN2. The molecular weight excluding hydrogens is 324 g/mol. The van der Waals surface area contributed by atoms with Gasteiger partial charge in [0.05, 0.1) is 6.04 Å².